The molecule has 0 aliphatic carbocycles. The van der Waals surface area contributed by atoms with E-state index in [1.165, 1.54) is 5.56 Å². The molecule has 0 bridgehead atoms. The lowest BCUT2D eigenvalue weighted by Crippen LogP contribution is -2.18. The van der Waals surface area contributed by atoms with Crippen LogP contribution in [-0.2, 0) is 13.1 Å². The van der Waals surface area contributed by atoms with Crippen molar-refractivity contribution in [3.63, 3.8) is 0 Å². The molecule has 1 N–H and O–H groups in total. The predicted molar refractivity (Wildman–Crippen MR) is 83.1 cm³/mol. The van der Waals surface area contributed by atoms with Gasteiger partial charge in [-0.15, -0.1) is 0 Å². The minimum atomic E-state index is 0.830. The van der Waals surface area contributed by atoms with Crippen LogP contribution in [0.25, 0.3) is 0 Å². The van der Waals surface area contributed by atoms with E-state index in [9.17, 15) is 0 Å². The first kappa shape index (κ1) is 14.0. The summed E-state index contributed by atoms with van der Waals surface area (Å²) >= 11 is 3.58. The summed E-state index contributed by atoms with van der Waals surface area (Å²) in [6, 6.07) is 12.4. The lowest BCUT2D eigenvalue weighted by molar-refractivity contribution is 0.314. The van der Waals surface area contributed by atoms with Crippen LogP contribution in [0, 0.1) is 0 Å². The molecule has 100 valence electrons. The lowest BCUT2D eigenvalue weighted by atomic mass is 10.2. The molecule has 0 unspecified atom stereocenters. The molecule has 0 atom stereocenters. The molecule has 0 amide bonds. The van der Waals surface area contributed by atoms with Gasteiger partial charge in [-0.25, -0.2) is 0 Å². The van der Waals surface area contributed by atoms with Crippen molar-refractivity contribution in [3.8, 4) is 0 Å². The molecule has 2 rings (SSSR count). The van der Waals surface area contributed by atoms with E-state index in [1.54, 1.807) is 0 Å². The summed E-state index contributed by atoms with van der Waals surface area (Å²) in [6.45, 7) is 1.73. The van der Waals surface area contributed by atoms with E-state index in [1.807, 2.05) is 25.4 Å². The monoisotopic (exact) mass is 319 g/mol. The molecule has 3 nitrogen and oxygen atoms in total. The Bertz CT molecular complexity index is 542. The van der Waals surface area contributed by atoms with Gasteiger partial charge in [0.05, 0.1) is 5.69 Å². The van der Waals surface area contributed by atoms with E-state index in [-0.39, 0.29) is 0 Å². The molecule has 0 aliphatic heterocycles. The fourth-order valence-corrected chi connectivity index (χ4v) is 2.38. The fraction of sp³-hybridized carbons (Fsp3) is 0.267. The normalized spacial score (nSPS) is 10.7. The second-order valence-corrected chi connectivity index (χ2v) is 5.40. The number of nitrogens with zero attached hydrogens (tertiary/aromatic N) is 2. The van der Waals surface area contributed by atoms with Crippen LogP contribution < -0.4 is 5.32 Å². The number of anilines is 1. The van der Waals surface area contributed by atoms with E-state index < -0.39 is 0 Å². The first-order valence-electron chi connectivity index (χ1n) is 6.23. The van der Waals surface area contributed by atoms with Crippen LogP contribution in [0.4, 0.5) is 5.69 Å². The van der Waals surface area contributed by atoms with E-state index >= 15 is 0 Å². The summed E-state index contributed by atoms with van der Waals surface area (Å²) in [7, 11) is 4.02. The second-order valence-electron chi connectivity index (χ2n) is 4.55. The van der Waals surface area contributed by atoms with Gasteiger partial charge in [0.15, 0.2) is 0 Å². The van der Waals surface area contributed by atoms with Gasteiger partial charge in [0, 0.05) is 36.5 Å². The van der Waals surface area contributed by atoms with Crippen LogP contribution in [0.2, 0.25) is 0 Å². The Morgan fingerprint density at radius 2 is 2.00 bits per heavy atom. The summed E-state index contributed by atoms with van der Waals surface area (Å²) in [5.41, 5.74) is 3.45. The van der Waals surface area contributed by atoms with Crippen molar-refractivity contribution < 1.29 is 0 Å². The van der Waals surface area contributed by atoms with E-state index in [2.05, 4.69) is 62.4 Å². The Morgan fingerprint density at radius 1 is 1.21 bits per heavy atom. The first-order chi connectivity index (χ1) is 9.19. The number of rotatable bonds is 5. The molecular weight excluding hydrogens is 302 g/mol. The van der Waals surface area contributed by atoms with Gasteiger partial charge in [-0.05, 0) is 30.8 Å². The van der Waals surface area contributed by atoms with Crippen LogP contribution >= 0.6 is 15.9 Å². The third-order valence-electron chi connectivity index (χ3n) is 2.94. The van der Waals surface area contributed by atoms with Gasteiger partial charge >= 0.3 is 0 Å². The molecule has 1 heterocycles. The Morgan fingerprint density at radius 3 is 2.74 bits per heavy atom. The van der Waals surface area contributed by atoms with Gasteiger partial charge in [0.25, 0.3) is 0 Å². The number of hydrogen-bond acceptors (Lipinski definition) is 3. The van der Waals surface area contributed by atoms with E-state index in [4.69, 9.17) is 0 Å². The van der Waals surface area contributed by atoms with Crippen molar-refractivity contribution in [1.82, 2.24) is 9.88 Å². The molecule has 0 aliphatic rings. The number of aromatic nitrogens is 1. The Hall–Kier alpha value is -1.39. The quantitative estimate of drug-likeness (QED) is 0.914. The number of halogens is 1. The third kappa shape index (κ3) is 4.04. The Labute approximate surface area is 122 Å². The van der Waals surface area contributed by atoms with Crippen molar-refractivity contribution in [1.29, 1.82) is 0 Å². The highest BCUT2D eigenvalue weighted by Crippen LogP contribution is 2.18. The molecule has 1 aromatic carbocycles. The highest BCUT2D eigenvalue weighted by molar-refractivity contribution is 9.10. The molecule has 0 spiro atoms. The van der Waals surface area contributed by atoms with Crippen LogP contribution in [-0.4, -0.2) is 24.0 Å². The molecular formula is C15H18BrN3. The minimum absolute atomic E-state index is 0.830. The van der Waals surface area contributed by atoms with Crippen LogP contribution in [0.3, 0.4) is 0 Å². The summed E-state index contributed by atoms with van der Waals surface area (Å²) in [6.07, 6.45) is 1.84. The fourth-order valence-electron chi connectivity index (χ4n) is 1.97. The minimum Gasteiger partial charge on any atom is -0.388 e. The maximum absolute atomic E-state index is 4.40. The molecule has 0 radical (unpaired) electrons. The van der Waals surface area contributed by atoms with Gasteiger partial charge in [-0.3, -0.25) is 9.88 Å². The Kier molecular flexibility index (Phi) is 4.93. The largest absolute Gasteiger partial charge is 0.388 e. The molecule has 2 aromatic rings. The molecule has 0 fully saturated rings. The molecule has 0 saturated heterocycles. The molecule has 4 heteroatoms. The zero-order valence-corrected chi connectivity index (χ0v) is 12.8. The SMILES string of the molecule is CNc1ccnc(CN(C)Cc2ccccc2Br)c1. The maximum Gasteiger partial charge on any atom is 0.0564 e. The molecule has 19 heavy (non-hydrogen) atoms. The zero-order chi connectivity index (χ0) is 13.7. The molecule has 0 saturated carbocycles. The Balaban J connectivity index is 2.01. The zero-order valence-electron chi connectivity index (χ0n) is 11.2. The van der Waals surface area contributed by atoms with E-state index in [0.29, 0.717) is 0 Å². The van der Waals surface area contributed by atoms with Crippen molar-refractivity contribution in [2.75, 3.05) is 19.4 Å². The summed E-state index contributed by atoms with van der Waals surface area (Å²) in [5, 5.41) is 3.13. The topological polar surface area (TPSA) is 28.2 Å². The highest BCUT2D eigenvalue weighted by Gasteiger charge is 2.05. The van der Waals surface area contributed by atoms with Gasteiger partial charge < -0.3 is 5.32 Å². The first-order valence-corrected chi connectivity index (χ1v) is 7.03. The van der Waals surface area contributed by atoms with Gasteiger partial charge in [0.2, 0.25) is 0 Å². The second kappa shape index (κ2) is 6.68. The highest BCUT2D eigenvalue weighted by atomic mass is 79.9. The van der Waals surface area contributed by atoms with Crippen molar-refractivity contribution in [3.05, 3.63) is 58.3 Å². The van der Waals surface area contributed by atoms with Crippen LogP contribution in [0.15, 0.2) is 47.1 Å². The third-order valence-corrected chi connectivity index (χ3v) is 3.71. The average molecular weight is 320 g/mol. The number of hydrogen-bond donors (Lipinski definition) is 1. The van der Waals surface area contributed by atoms with Gasteiger partial charge in [0.1, 0.15) is 0 Å². The van der Waals surface area contributed by atoms with E-state index in [0.717, 1.165) is 28.9 Å². The smallest absolute Gasteiger partial charge is 0.0564 e. The standard InChI is InChI=1S/C15H18BrN3/c1-17-13-7-8-18-14(9-13)11-19(2)10-12-5-3-4-6-15(12)16/h3-9H,10-11H2,1-2H3,(H,17,18). The van der Waals surface area contributed by atoms with Crippen LogP contribution in [0.5, 0.6) is 0 Å². The maximum atomic E-state index is 4.40. The summed E-state index contributed by atoms with van der Waals surface area (Å²) in [4.78, 5) is 6.65. The van der Waals surface area contributed by atoms with Crippen molar-refractivity contribution in [2.24, 2.45) is 0 Å². The number of nitrogens with one attached hydrogen (secondary N) is 1. The van der Waals surface area contributed by atoms with Gasteiger partial charge in [-0.1, -0.05) is 34.1 Å². The van der Waals surface area contributed by atoms with Gasteiger partial charge in [-0.2, -0.15) is 0 Å². The number of pyridine rings is 1. The number of benzene rings is 1. The predicted octanol–water partition coefficient (Wildman–Crippen LogP) is 3.52. The van der Waals surface area contributed by atoms with Crippen molar-refractivity contribution >= 4 is 21.6 Å². The summed E-state index contributed by atoms with van der Waals surface area (Å²) < 4.78 is 1.15. The average Bonchev–Trinajstić information content (AvgIpc) is 2.41. The van der Waals surface area contributed by atoms with Crippen molar-refractivity contribution in [2.45, 2.75) is 13.1 Å². The molecule has 1 aromatic heterocycles. The summed E-state index contributed by atoms with van der Waals surface area (Å²) in [5.74, 6) is 0. The van der Waals surface area contributed by atoms with Crippen LogP contribution in [0.1, 0.15) is 11.3 Å². The lowest BCUT2D eigenvalue weighted by Gasteiger charge is -2.17.